The molecule has 2 unspecified atom stereocenters. The Morgan fingerprint density at radius 3 is 2.68 bits per heavy atom. The Balaban J connectivity index is 1.48. The Morgan fingerprint density at radius 1 is 1.05 bits per heavy atom. The maximum atomic E-state index is 9.31. The van der Waals surface area contributed by atoms with Crippen molar-refractivity contribution in [2.75, 3.05) is 26.2 Å². The van der Waals surface area contributed by atoms with E-state index in [0.717, 1.165) is 13.1 Å². The monoisotopic (exact) mass is 267 g/mol. The minimum Gasteiger partial charge on any atom is -0.396 e. The van der Waals surface area contributed by atoms with Crippen molar-refractivity contribution < 1.29 is 9.84 Å². The van der Waals surface area contributed by atoms with Gasteiger partial charge in [0, 0.05) is 19.7 Å². The van der Waals surface area contributed by atoms with Crippen molar-refractivity contribution in [3.63, 3.8) is 0 Å². The third kappa shape index (κ3) is 3.32. The van der Waals surface area contributed by atoms with Crippen LogP contribution in [0, 0.1) is 5.92 Å². The molecule has 2 heterocycles. The highest BCUT2D eigenvalue weighted by atomic mass is 16.5. The lowest BCUT2D eigenvalue weighted by molar-refractivity contribution is -0.0747. The Morgan fingerprint density at radius 2 is 1.89 bits per heavy atom. The lowest BCUT2D eigenvalue weighted by Crippen LogP contribution is -2.42. The molecule has 1 saturated carbocycles. The molecule has 2 saturated heterocycles. The summed E-state index contributed by atoms with van der Waals surface area (Å²) in [6.45, 7) is 3.72. The Kier molecular flexibility index (Phi) is 4.45. The van der Waals surface area contributed by atoms with Gasteiger partial charge in [0.1, 0.15) is 0 Å². The van der Waals surface area contributed by atoms with Gasteiger partial charge in [0.15, 0.2) is 0 Å². The summed E-state index contributed by atoms with van der Waals surface area (Å²) in [6, 6.07) is 0. The van der Waals surface area contributed by atoms with Crippen LogP contribution in [-0.2, 0) is 4.74 Å². The topological polar surface area (TPSA) is 32.7 Å². The maximum Gasteiger partial charge on any atom is 0.0710 e. The van der Waals surface area contributed by atoms with Crippen molar-refractivity contribution in [1.82, 2.24) is 4.90 Å². The first-order chi connectivity index (χ1) is 9.30. The molecular weight excluding hydrogens is 238 g/mol. The summed E-state index contributed by atoms with van der Waals surface area (Å²) in [5, 5.41) is 9.31. The van der Waals surface area contributed by atoms with Crippen LogP contribution in [0.3, 0.4) is 0 Å². The van der Waals surface area contributed by atoms with E-state index in [2.05, 4.69) is 4.90 Å². The Hall–Kier alpha value is -0.120. The first-order valence-electron chi connectivity index (χ1n) is 8.31. The van der Waals surface area contributed by atoms with Gasteiger partial charge in [0.05, 0.1) is 11.7 Å². The molecule has 0 aromatic carbocycles. The van der Waals surface area contributed by atoms with Gasteiger partial charge < -0.3 is 14.7 Å². The molecule has 1 N–H and O–H groups in total. The van der Waals surface area contributed by atoms with Crippen molar-refractivity contribution in [2.24, 2.45) is 5.92 Å². The third-order valence-electron chi connectivity index (χ3n) is 5.43. The second kappa shape index (κ2) is 6.11. The lowest BCUT2D eigenvalue weighted by Gasteiger charge is -2.36. The van der Waals surface area contributed by atoms with Gasteiger partial charge in [-0.2, -0.15) is 0 Å². The molecule has 0 aromatic rings. The predicted molar refractivity (Wildman–Crippen MR) is 76.2 cm³/mol. The van der Waals surface area contributed by atoms with Crippen molar-refractivity contribution >= 4 is 0 Å². The second-order valence-corrected chi connectivity index (χ2v) is 6.97. The van der Waals surface area contributed by atoms with Crippen LogP contribution in [0.15, 0.2) is 0 Å². The molecule has 0 radical (unpaired) electrons. The summed E-state index contributed by atoms with van der Waals surface area (Å²) < 4.78 is 6.46. The highest BCUT2D eigenvalue weighted by Crippen LogP contribution is 2.42. The number of hydrogen-bond acceptors (Lipinski definition) is 3. The average molecular weight is 267 g/mol. The average Bonchev–Trinajstić information content (AvgIpc) is 2.82. The van der Waals surface area contributed by atoms with Gasteiger partial charge in [0.2, 0.25) is 0 Å². The lowest BCUT2D eigenvalue weighted by atomic mass is 9.83. The standard InChI is InChI=1S/C16H29NO2/c18-13-14-5-4-10-17(11-14)12-15-6-9-16(19-15)7-2-1-3-8-16/h14-15,18H,1-13H2. The van der Waals surface area contributed by atoms with Crippen LogP contribution < -0.4 is 0 Å². The predicted octanol–water partition coefficient (Wildman–Crippen LogP) is 2.57. The highest BCUT2D eigenvalue weighted by molar-refractivity contribution is 4.92. The van der Waals surface area contributed by atoms with Crippen molar-refractivity contribution in [3.05, 3.63) is 0 Å². The zero-order valence-corrected chi connectivity index (χ0v) is 12.1. The molecule has 3 fully saturated rings. The number of aliphatic hydroxyl groups is 1. The van der Waals surface area contributed by atoms with E-state index in [1.807, 2.05) is 0 Å². The quantitative estimate of drug-likeness (QED) is 0.853. The zero-order chi connectivity index (χ0) is 13.1. The van der Waals surface area contributed by atoms with E-state index in [9.17, 15) is 5.11 Å². The normalized spacial score (nSPS) is 35.8. The van der Waals surface area contributed by atoms with Crippen LogP contribution in [0.1, 0.15) is 57.8 Å². The second-order valence-electron chi connectivity index (χ2n) is 6.97. The van der Waals surface area contributed by atoms with E-state index in [4.69, 9.17) is 4.74 Å². The molecule has 110 valence electrons. The molecule has 3 rings (SSSR count). The molecule has 3 nitrogen and oxygen atoms in total. The van der Waals surface area contributed by atoms with Crippen LogP contribution in [0.25, 0.3) is 0 Å². The molecule has 2 aliphatic heterocycles. The molecule has 1 aliphatic carbocycles. The highest BCUT2D eigenvalue weighted by Gasteiger charge is 2.41. The van der Waals surface area contributed by atoms with Crippen molar-refractivity contribution in [1.29, 1.82) is 0 Å². The van der Waals surface area contributed by atoms with Gasteiger partial charge in [-0.1, -0.05) is 19.3 Å². The zero-order valence-electron chi connectivity index (χ0n) is 12.1. The van der Waals surface area contributed by atoms with Gasteiger partial charge >= 0.3 is 0 Å². The Labute approximate surface area is 117 Å². The summed E-state index contributed by atoms with van der Waals surface area (Å²) >= 11 is 0. The third-order valence-corrected chi connectivity index (χ3v) is 5.43. The molecule has 0 bridgehead atoms. The van der Waals surface area contributed by atoms with Crippen LogP contribution in [0.4, 0.5) is 0 Å². The van der Waals surface area contributed by atoms with E-state index in [0.29, 0.717) is 18.6 Å². The number of ether oxygens (including phenoxy) is 1. The maximum absolute atomic E-state index is 9.31. The van der Waals surface area contributed by atoms with Gasteiger partial charge in [-0.25, -0.2) is 0 Å². The fraction of sp³-hybridized carbons (Fsp3) is 1.00. The summed E-state index contributed by atoms with van der Waals surface area (Å²) in [5.41, 5.74) is 0.259. The molecule has 3 aliphatic rings. The summed E-state index contributed by atoms with van der Waals surface area (Å²) in [7, 11) is 0. The fourth-order valence-corrected chi connectivity index (χ4v) is 4.34. The number of hydrogen-bond donors (Lipinski definition) is 1. The molecule has 3 heteroatoms. The number of nitrogens with zero attached hydrogens (tertiary/aromatic N) is 1. The molecule has 1 spiro atoms. The summed E-state index contributed by atoms with van der Waals surface area (Å²) in [6.07, 6.45) is 12.1. The number of aliphatic hydroxyl groups excluding tert-OH is 1. The SMILES string of the molecule is OCC1CCCN(CC2CCC3(CCCCC3)O2)C1. The summed E-state index contributed by atoms with van der Waals surface area (Å²) in [4.78, 5) is 2.52. The molecular formula is C16H29NO2. The Bertz CT molecular complexity index is 288. The van der Waals surface area contributed by atoms with Crippen LogP contribution >= 0.6 is 0 Å². The smallest absolute Gasteiger partial charge is 0.0710 e. The van der Waals surface area contributed by atoms with E-state index < -0.39 is 0 Å². The van der Waals surface area contributed by atoms with Gasteiger partial charge in [-0.15, -0.1) is 0 Å². The fourth-order valence-electron chi connectivity index (χ4n) is 4.34. The van der Waals surface area contributed by atoms with Gasteiger partial charge in [-0.05, 0) is 51.0 Å². The summed E-state index contributed by atoms with van der Waals surface area (Å²) in [5.74, 6) is 0.499. The van der Waals surface area contributed by atoms with E-state index in [1.165, 1.54) is 64.3 Å². The van der Waals surface area contributed by atoms with Crippen LogP contribution in [-0.4, -0.2) is 48.0 Å². The molecule has 2 atom stereocenters. The molecule has 19 heavy (non-hydrogen) atoms. The number of likely N-dealkylation sites (tertiary alicyclic amines) is 1. The minimum atomic E-state index is 0.259. The van der Waals surface area contributed by atoms with E-state index >= 15 is 0 Å². The first kappa shape index (κ1) is 13.8. The van der Waals surface area contributed by atoms with E-state index in [1.54, 1.807) is 0 Å². The van der Waals surface area contributed by atoms with Crippen LogP contribution in [0.2, 0.25) is 0 Å². The first-order valence-corrected chi connectivity index (χ1v) is 8.31. The van der Waals surface area contributed by atoms with Gasteiger partial charge in [-0.3, -0.25) is 0 Å². The van der Waals surface area contributed by atoms with Crippen LogP contribution in [0.5, 0.6) is 0 Å². The van der Waals surface area contributed by atoms with Crippen molar-refractivity contribution in [3.8, 4) is 0 Å². The molecule has 0 amide bonds. The largest absolute Gasteiger partial charge is 0.396 e. The minimum absolute atomic E-state index is 0.259. The number of rotatable bonds is 3. The van der Waals surface area contributed by atoms with Crippen molar-refractivity contribution in [2.45, 2.75) is 69.5 Å². The molecule has 0 aromatic heterocycles. The van der Waals surface area contributed by atoms with E-state index in [-0.39, 0.29) is 5.60 Å². The van der Waals surface area contributed by atoms with Gasteiger partial charge in [0.25, 0.3) is 0 Å². The number of piperidine rings is 1.